The number of nitrogen functional groups attached to an aromatic ring is 1. The molecule has 1 amide bonds. The SMILES string of the molecule is Cc1nc2nc(N)nn2c(C)c1CC(=O)Nc1cccc(OCCc2ccccc2)c1. The van der Waals surface area contributed by atoms with Gasteiger partial charge in [-0.2, -0.15) is 9.50 Å². The molecular weight excluding hydrogens is 392 g/mol. The minimum absolute atomic E-state index is 0.151. The fraction of sp³-hybridized carbons (Fsp3) is 0.217. The van der Waals surface area contributed by atoms with E-state index < -0.39 is 0 Å². The molecule has 0 saturated heterocycles. The lowest BCUT2D eigenvalue weighted by atomic mass is 10.1. The third-order valence-corrected chi connectivity index (χ3v) is 5.02. The van der Waals surface area contributed by atoms with Crippen molar-refractivity contribution in [2.45, 2.75) is 26.7 Å². The average molecular weight is 416 g/mol. The number of nitrogens with one attached hydrogen (secondary N) is 1. The van der Waals surface area contributed by atoms with Crippen LogP contribution in [0.5, 0.6) is 5.75 Å². The van der Waals surface area contributed by atoms with Gasteiger partial charge in [0.1, 0.15) is 5.75 Å². The lowest BCUT2D eigenvalue weighted by molar-refractivity contribution is -0.115. The van der Waals surface area contributed by atoms with Crippen molar-refractivity contribution in [3.63, 3.8) is 0 Å². The maximum Gasteiger partial charge on any atom is 0.254 e. The Kier molecular flexibility index (Phi) is 5.79. The van der Waals surface area contributed by atoms with E-state index in [0.29, 0.717) is 23.8 Å². The van der Waals surface area contributed by atoms with Crippen LogP contribution in [0.2, 0.25) is 0 Å². The number of amides is 1. The molecule has 0 unspecified atom stereocenters. The number of carbonyl (C=O) groups is 1. The number of aromatic nitrogens is 4. The molecule has 158 valence electrons. The van der Waals surface area contributed by atoms with Gasteiger partial charge in [-0.3, -0.25) is 4.79 Å². The molecule has 4 aromatic rings. The quantitative estimate of drug-likeness (QED) is 0.479. The van der Waals surface area contributed by atoms with Gasteiger partial charge < -0.3 is 15.8 Å². The molecule has 2 aromatic carbocycles. The van der Waals surface area contributed by atoms with Crippen molar-refractivity contribution >= 4 is 23.3 Å². The fourth-order valence-corrected chi connectivity index (χ4v) is 3.44. The standard InChI is InChI=1S/C23H24N6O2/c1-15-20(16(2)29-23(25-15)27-22(24)28-29)14-21(30)26-18-9-6-10-19(13-18)31-12-11-17-7-4-3-5-8-17/h3-10,13H,11-12,14H2,1-2H3,(H2,24,28)(H,26,30). The molecule has 3 N–H and O–H groups in total. The number of anilines is 2. The number of carbonyl (C=O) groups excluding carboxylic acids is 1. The molecule has 31 heavy (non-hydrogen) atoms. The van der Waals surface area contributed by atoms with E-state index in [4.69, 9.17) is 10.5 Å². The minimum Gasteiger partial charge on any atom is -0.493 e. The molecule has 0 aliphatic carbocycles. The predicted octanol–water partition coefficient (Wildman–Crippen LogP) is 3.13. The van der Waals surface area contributed by atoms with Crippen molar-refractivity contribution in [2.75, 3.05) is 17.7 Å². The van der Waals surface area contributed by atoms with Crippen LogP contribution in [0.1, 0.15) is 22.5 Å². The van der Waals surface area contributed by atoms with E-state index in [2.05, 4.69) is 32.5 Å². The number of nitrogens with zero attached hydrogens (tertiary/aromatic N) is 4. The van der Waals surface area contributed by atoms with Gasteiger partial charge in [0.25, 0.3) is 5.78 Å². The van der Waals surface area contributed by atoms with Crippen LogP contribution >= 0.6 is 0 Å². The maximum absolute atomic E-state index is 12.7. The first-order chi connectivity index (χ1) is 15.0. The highest BCUT2D eigenvalue weighted by Gasteiger charge is 2.15. The highest BCUT2D eigenvalue weighted by molar-refractivity contribution is 5.92. The first kappa shape index (κ1) is 20.3. The predicted molar refractivity (Wildman–Crippen MR) is 119 cm³/mol. The summed E-state index contributed by atoms with van der Waals surface area (Å²) in [5, 5.41) is 7.07. The molecule has 0 fully saturated rings. The average Bonchev–Trinajstić information content (AvgIpc) is 3.12. The Bertz CT molecular complexity index is 1220. The maximum atomic E-state index is 12.7. The van der Waals surface area contributed by atoms with E-state index in [9.17, 15) is 4.79 Å². The Morgan fingerprint density at radius 3 is 2.71 bits per heavy atom. The molecule has 0 radical (unpaired) electrons. The second-order valence-corrected chi connectivity index (χ2v) is 7.28. The van der Waals surface area contributed by atoms with Crippen LogP contribution in [0.3, 0.4) is 0 Å². The van der Waals surface area contributed by atoms with E-state index in [0.717, 1.165) is 23.4 Å². The fourth-order valence-electron chi connectivity index (χ4n) is 3.44. The molecule has 2 heterocycles. The Morgan fingerprint density at radius 1 is 1.10 bits per heavy atom. The molecule has 8 heteroatoms. The van der Waals surface area contributed by atoms with Gasteiger partial charge in [-0.15, -0.1) is 5.10 Å². The van der Waals surface area contributed by atoms with Gasteiger partial charge in [0.2, 0.25) is 11.9 Å². The monoisotopic (exact) mass is 416 g/mol. The van der Waals surface area contributed by atoms with Crippen LogP contribution in [0, 0.1) is 13.8 Å². The molecule has 0 spiro atoms. The Labute approximate surface area is 180 Å². The van der Waals surface area contributed by atoms with Crippen molar-refractivity contribution in [1.82, 2.24) is 19.6 Å². The first-order valence-corrected chi connectivity index (χ1v) is 10.0. The van der Waals surface area contributed by atoms with Crippen LogP contribution in [0.25, 0.3) is 5.78 Å². The number of benzene rings is 2. The normalized spacial score (nSPS) is 10.9. The summed E-state index contributed by atoms with van der Waals surface area (Å²) in [4.78, 5) is 21.2. The zero-order chi connectivity index (χ0) is 21.8. The van der Waals surface area contributed by atoms with Gasteiger partial charge in [-0.25, -0.2) is 4.98 Å². The summed E-state index contributed by atoms with van der Waals surface area (Å²) in [6.45, 7) is 4.29. The molecule has 0 aliphatic rings. The van der Waals surface area contributed by atoms with Crippen molar-refractivity contribution in [1.29, 1.82) is 0 Å². The van der Waals surface area contributed by atoms with Crippen molar-refractivity contribution < 1.29 is 9.53 Å². The molecule has 2 aromatic heterocycles. The van der Waals surface area contributed by atoms with Crippen molar-refractivity contribution in [2.24, 2.45) is 0 Å². The summed E-state index contributed by atoms with van der Waals surface area (Å²) in [5.74, 6) is 1.14. The summed E-state index contributed by atoms with van der Waals surface area (Å²) < 4.78 is 7.41. The number of hydrogen-bond acceptors (Lipinski definition) is 6. The zero-order valence-electron chi connectivity index (χ0n) is 17.5. The largest absolute Gasteiger partial charge is 0.493 e. The number of fused-ring (bicyclic) bond motifs is 1. The van der Waals surface area contributed by atoms with Crippen molar-refractivity contribution in [3.05, 3.63) is 77.1 Å². The van der Waals surface area contributed by atoms with E-state index >= 15 is 0 Å². The third kappa shape index (κ3) is 4.80. The Morgan fingerprint density at radius 2 is 1.90 bits per heavy atom. The van der Waals surface area contributed by atoms with E-state index in [1.807, 2.05) is 56.3 Å². The molecule has 0 atom stereocenters. The summed E-state index contributed by atoms with van der Waals surface area (Å²) in [6, 6.07) is 17.6. The topological polar surface area (TPSA) is 107 Å². The Hall–Kier alpha value is -3.94. The third-order valence-electron chi connectivity index (χ3n) is 5.02. The van der Waals surface area contributed by atoms with E-state index in [-0.39, 0.29) is 18.3 Å². The second kappa shape index (κ2) is 8.83. The molecule has 0 aliphatic heterocycles. The lowest BCUT2D eigenvalue weighted by Crippen LogP contribution is -2.17. The number of aryl methyl sites for hydroxylation is 2. The summed E-state index contributed by atoms with van der Waals surface area (Å²) >= 11 is 0. The van der Waals surface area contributed by atoms with Gasteiger partial charge in [-0.05, 0) is 31.5 Å². The number of rotatable bonds is 7. The highest BCUT2D eigenvalue weighted by Crippen LogP contribution is 2.19. The number of nitrogens with two attached hydrogens (primary N) is 1. The molecular formula is C23H24N6O2. The molecule has 0 saturated carbocycles. The molecule has 8 nitrogen and oxygen atoms in total. The first-order valence-electron chi connectivity index (χ1n) is 10.0. The number of hydrogen-bond donors (Lipinski definition) is 2. The summed E-state index contributed by atoms with van der Waals surface area (Å²) in [6.07, 6.45) is 0.984. The highest BCUT2D eigenvalue weighted by atomic mass is 16.5. The van der Waals surface area contributed by atoms with Crippen molar-refractivity contribution in [3.8, 4) is 5.75 Å². The Balaban J connectivity index is 1.40. The van der Waals surface area contributed by atoms with E-state index in [1.165, 1.54) is 5.56 Å². The smallest absolute Gasteiger partial charge is 0.254 e. The van der Waals surface area contributed by atoms with Crippen LogP contribution < -0.4 is 15.8 Å². The van der Waals surface area contributed by atoms with Gasteiger partial charge in [0.15, 0.2) is 0 Å². The van der Waals surface area contributed by atoms with Crippen LogP contribution in [0.15, 0.2) is 54.6 Å². The van der Waals surface area contributed by atoms with Crippen LogP contribution in [-0.4, -0.2) is 32.1 Å². The second-order valence-electron chi connectivity index (χ2n) is 7.28. The molecule has 4 rings (SSSR count). The van der Waals surface area contributed by atoms with Gasteiger partial charge in [0.05, 0.1) is 13.0 Å². The van der Waals surface area contributed by atoms with Gasteiger partial charge in [-0.1, -0.05) is 36.4 Å². The summed E-state index contributed by atoms with van der Waals surface area (Å²) in [5.41, 5.74) is 9.88. The van der Waals surface area contributed by atoms with Crippen LogP contribution in [-0.2, 0) is 17.6 Å². The van der Waals surface area contributed by atoms with Crippen LogP contribution in [0.4, 0.5) is 11.6 Å². The lowest BCUT2D eigenvalue weighted by Gasteiger charge is -2.12. The summed E-state index contributed by atoms with van der Waals surface area (Å²) in [7, 11) is 0. The van der Waals surface area contributed by atoms with Gasteiger partial charge in [0, 0.05) is 35.1 Å². The zero-order valence-corrected chi connectivity index (χ0v) is 17.5. The number of ether oxygens (including phenoxy) is 1. The van der Waals surface area contributed by atoms with E-state index in [1.54, 1.807) is 4.52 Å². The van der Waals surface area contributed by atoms with Gasteiger partial charge >= 0.3 is 0 Å². The minimum atomic E-state index is -0.151. The molecule has 0 bridgehead atoms.